The van der Waals surface area contributed by atoms with E-state index in [0.29, 0.717) is 6.04 Å². The smallest absolute Gasteiger partial charge is 0.0607 e. The van der Waals surface area contributed by atoms with Gasteiger partial charge in [-0.15, -0.1) is 0 Å². The molecule has 2 heterocycles. The van der Waals surface area contributed by atoms with E-state index in [-0.39, 0.29) is 0 Å². The maximum atomic E-state index is 4.66. The largest absolute Gasteiger partial charge is 0.295 e. The van der Waals surface area contributed by atoms with Crippen molar-refractivity contribution in [2.24, 2.45) is 0 Å². The van der Waals surface area contributed by atoms with Gasteiger partial charge in [0.1, 0.15) is 0 Å². The second-order valence-corrected chi connectivity index (χ2v) is 5.05. The van der Waals surface area contributed by atoms with E-state index in [1.54, 1.807) is 0 Å². The summed E-state index contributed by atoms with van der Waals surface area (Å²) in [5, 5.41) is 0. The minimum absolute atomic E-state index is 0.612. The second kappa shape index (κ2) is 4.54. The lowest BCUT2D eigenvalue weighted by Crippen LogP contribution is -2.26. The summed E-state index contributed by atoms with van der Waals surface area (Å²) in [6, 6.07) is 4.98. The molecule has 0 radical (unpaired) electrons. The van der Waals surface area contributed by atoms with E-state index in [1.165, 1.54) is 62.9 Å². The van der Waals surface area contributed by atoms with Crippen molar-refractivity contribution >= 4 is 0 Å². The summed E-state index contributed by atoms with van der Waals surface area (Å²) in [4.78, 5) is 7.31. The van der Waals surface area contributed by atoms with E-state index in [1.807, 2.05) is 6.20 Å². The molecule has 2 nitrogen and oxygen atoms in total. The van der Waals surface area contributed by atoms with Crippen LogP contribution >= 0.6 is 0 Å². The molecule has 1 aromatic heterocycles. The number of hydrogen-bond donors (Lipinski definition) is 0. The first-order chi connectivity index (χ1) is 7.95. The maximum absolute atomic E-state index is 4.66. The lowest BCUT2D eigenvalue weighted by atomic mass is 10.0. The van der Waals surface area contributed by atoms with Crippen molar-refractivity contribution in [1.29, 1.82) is 0 Å². The summed E-state index contributed by atoms with van der Waals surface area (Å²) in [7, 11) is 0. The van der Waals surface area contributed by atoms with Gasteiger partial charge in [-0.25, -0.2) is 0 Å². The third-order valence-corrected chi connectivity index (χ3v) is 4.00. The predicted octanol–water partition coefficient (Wildman–Crippen LogP) is 2.94. The Morgan fingerprint density at radius 3 is 2.88 bits per heavy atom. The van der Waals surface area contributed by atoms with Crippen LogP contribution in [-0.2, 0) is 6.42 Å². The van der Waals surface area contributed by atoms with Crippen molar-refractivity contribution in [2.75, 3.05) is 13.1 Å². The molecule has 1 aliphatic carbocycles. The average molecular weight is 216 g/mol. The molecule has 1 unspecified atom stereocenters. The highest BCUT2D eigenvalue weighted by molar-refractivity contribution is 5.24. The van der Waals surface area contributed by atoms with Crippen LogP contribution in [0.2, 0.25) is 0 Å². The number of hydrogen-bond acceptors (Lipinski definition) is 2. The zero-order valence-electron chi connectivity index (χ0n) is 9.86. The lowest BCUT2D eigenvalue weighted by molar-refractivity contribution is 0.227. The van der Waals surface area contributed by atoms with Gasteiger partial charge in [0, 0.05) is 6.20 Å². The van der Waals surface area contributed by atoms with Crippen molar-refractivity contribution in [1.82, 2.24) is 9.88 Å². The van der Waals surface area contributed by atoms with Crippen LogP contribution in [0.3, 0.4) is 0 Å². The fraction of sp³-hybridized carbons (Fsp3) is 0.643. The monoisotopic (exact) mass is 216 g/mol. The summed E-state index contributed by atoms with van der Waals surface area (Å²) in [6.45, 7) is 2.56. The van der Waals surface area contributed by atoms with Gasteiger partial charge in [-0.3, -0.25) is 9.88 Å². The molecule has 0 bridgehead atoms. The number of likely N-dealkylation sites (tertiary alicyclic amines) is 1. The van der Waals surface area contributed by atoms with E-state index in [9.17, 15) is 0 Å². The fourth-order valence-corrected chi connectivity index (χ4v) is 3.16. The summed E-state index contributed by atoms with van der Waals surface area (Å²) in [5.41, 5.74) is 2.87. The summed E-state index contributed by atoms with van der Waals surface area (Å²) < 4.78 is 0. The van der Waals surface area contributed by atoms with Crippen LogP contribution < -0.4 is 0 Å². The van der Waals surface area contributed by atoms with E-state index in [4.69, 9.17) is 0 Å². The van der Waals surface area contributed by atoms with E-state index in [2.05, 4.69) is 22.0 Å². The Hall–Kier alpha value is -0.890. The Balaban J connectivity index is 1.92. The van der Waals surface area contributed by atoms with Crippen molar-refractivity contribution in [3.05, 3.63) is 29.6 Å². The van der Waals surface area contributed by atoms with Gasteiger partial charge in [-0.05, 0) is 56.8 Å². The molecule has 1 fully saturated rings. The van der Waals surface area contributed by atoms with Gasteiger partial charge in [0.2, 0.25) is 0 Å². The predicted molar refractivity (Wildman–Crippen MR) is 65.3 cm³/mol. The quantitative estimate of drug-likeness (QED) is 0.671. The molecular formula is C14H20N2. The van der Waals surface area contributed by atoms with Crippen molar-refractivity contribution in [2.45, 2.75) is 44.6 Å². The van der Waals surface area contributed by atoms with Gasteiger partial charge in [0.05, 0.1) is 11.7 Å². The van der Waals surface area contributed by atoms with Crippen molar-refractivity contribution in [3.8, 4) is 0 Å². The van der Waals surface area contributed by atoms with Crippen LogP contribution in [-0.4, -0.2) is 23.0 Å². The van der Waals surface area contributed by atoms with Gasteiger partial charge in [0.15, 0.2) is 0 Å². The summed E-state index contributed by atoms with van der Waals surface area (Å²) >= 11 is 0. The van der Waals surface area contributed by atoms with E-state index in [0.717, 1.165) is 0 Å². The van der Waals surface area contributed by atoms with Gasteiger partial charge >= 0.3 is 0 Å². The first-order valence-corrected chi connectivity index (χ1v) is 6.63. The van der Waals surface area contributed by atoms with Gasteiger partial charge in [-0.2, -0.15) is 0 Å². The van der Waals surface area contributed by atoms with E-state index < -0.39 is 0 Å². The molecule has 2 heteroatoms. The first-order valence-electron chi connectivity index (χ1n) is 6.63. The van der Waals surface area contributed by atoms with Gasteiger partial charge < -0.3 is 0 Å². The van der Waals surface area contributed by atoms with Crippen LogP contribution in [0.5, 0.6) is 0 Å². The minimum Gasteiger partial charge on any atom is -0.295 e. The van der Waals surface area contributed by atoms with Crippen molar-refractivity contribution in [3.63, 3.8) is 0 Å². The Labute approximate surface area is 97.7 Å². The Morgan fingerprint density at radius 2 is 2.00 bits per heavy atom. The highest BCUT2D eigenvalue weighted by atomic mass is 15.2. The molecule has 1 atom stereocenters. The Kier molecular flexibility index (Phi) is 2.92. The third kappa shape index (κ3) is 1.86. The molecule has 0 aromatic carbocycles. The molecule has 1 saturated heterocycles. The second-order valence-electron chi connectivity index (χ2n) is 5.05. The molecule has 16 heavy (non-hydrogen) atoms. The third-order valence-electron chi connectivity index (χ3n) is 4.00. The van der Waals surface area contributed by atoms with Crippen molar-refractivity contribution < 1.29 is 0 Å². The Morgan fingerprint density at radius 1 is 1.12 bits per heavy atom. The van der Waals surface area contributed by atoms with Gasteiger partial charge in [0.25, 0.3) is 0 Å². The highest BCUT2D eigenvalue weighted by Crippen LogP contribution is 2.33. The summed E-state index contributed by atoms with van der Waals surface area (Å²) in [6.07, 6.45) is 9.95. The summed E-state index contributed by atoms with van der Waals surface area (Å²) in [5.74, 6) is 0. The standard InChI is InChI=1S/C14H20N2/c1-2-8-13(16-10-3-4-11-16)14-12(6-1)7-5-9-15-14/h5,7,9,13H,1-4,6,8,10-11H2. The van der Waals surface area contributed by atoms with Gasteiger partial charge in [-0.1, -0.05) is 12.5 Å². The van der Waals surface area contributed by atoms with Crippen LogP contribution in [0, 0.1) is 0 Å². The number of aryl methyl sites for hydroxylation is 1. The molecule has 3 rings (SSSR count). The van der Waals surface area contributed by atoms with Crippen LogP contribution in [0.15, 0.2) is 18.3 Å². The van der Waals surface area contributed by atoms with E-state index >= 15 is 0 Å². The number of pyridine rings is 1. The zero-order chi connectivity index (χ0) is 10.8. The maximum Gasteiger partial charge on any atom is 0.0607 e. The normalized spacial score (nSPS) is 26.4. The SMILES string of the molecule is c1cnc2c(c1)CCCCC2N1CCCC1. The fourth-order valence-electron chi connectivity index (χ4n) is 3.16. The highest BCUT2D eigenvalue weighted by Gasteiger charge is 2.27. The molecular weight excluding hydrogens is 196 g/mol. The molecule has 1 aliphatic heterocycles. The minimum atomic E-state index is 0.612. The number of aromatic nitrogens is 1. The zero-order valence-corrected chi connectivity index (χ0v) is 9.86. The van der Waals surface area contributed by atoms with Crippen LogP contribution in [0.4, 0.5) is 0 Å². The first kappa shape index (κ1) is 10.3. The van der Waals surface area contributed by atoms with Crippen LogP contribution in [0.25, 0.3) is 0 Å². The number of nitrogens with zero attached hydrogens (tertiary/aromatic N) is 2. The number of rotatable bonds is 1. The molecule has 1 aromatic rings. The molecule has 2 aliphatic rings. The average Bonchev–Trinajstić information content (AvgIpc) is 2.76. The Bertz CT molecular complexity index is 356. The lowest BCUT2D eigenvalue weighted by Gasteiger charge is -2.26. The topological polar surface area (TPSA) is 16.1 Å². The molecule has 86 valence electrons. The molecule has 0 N–H and O–H groups in total. The molecule has 0 amide bonds. The van der Waals surface area contributed by atoms with Crippen LogP contribution in [0.1, 0.15) is 49.4 Å². The molecule has 0 saturated carbocycles. The number of fused-ring (bicyclic) bond motifs is 1. The molecule has 0 spiro atoms.